The second kappa shape index (κ2) is 7.60. The first-order valence-electron chi connectivity index (χ1n) is 10.5. The normalized spacial score (nSPS) is 11.9. The number of aromatic nitrogens is 1. The molecule has 4 rings (SSSR count). The van der Waals surface area contributed by atoms with Crippen molar-refractivity contribution in [2.45, 2.75) is 53.2 Å². The van der Waals surface area contributed by atoms with Gasteiger partial charge in [0.1, 0.15) is 29.1 Å². The molecule has 0 unspecified atom stereocenters. The van der Waals surface area contributed by atoms with E-state index in [0.717, 1.165) is 35.5 Å². The summed E-state index contributed by atoms with van der Waals surface area (Å²) in [7, 11) is 0. The Morgan fingerprint density at radius 1 is 1.00 bits per heavy atom. The molecular weight excluding hydrogens is 374 g/mol. The maximum atomic E-state index is 13.2. The standard InChI is InChI=1S/C26H28NO3/c1-6-12-27-13-11-18(30-26(3,4)5)15-22(27)20-16-21-24(14-17(20)2)29-23-10-8-7-9-19(23)25(21)28/h7-11,13-16H,6,12H2,1-5H3/q+1. The van der Waals surface area contributed by atoms with Crippen molar-refractivity contribution in [3.63, 3.8) is 0 Å². The third-order valence-electron chi connectivity index (χ3n) is 5.09. The molecule has 0 aliphatic rings. The summed E-state index contributed by atoms with van der Waals surface area (Å²) < 4.78 is 14.4. The van der Waals surface area contributed by atoms with Gasteiger partial charge in [0, 0.05) is 12.5 Å². The van der Waals surface area contributed by atoms with Crippen LogP contribution in [0.1, 0.15) is 39.7 Å². The lowest BCUT2D eigenvalue weighted by Crippen LogP contribution is -2.36. The first-order valence-corrected chi connectivity index (χ1v) is 10.5. The van der Waals surface area contributed by atoms with Crippen LogP contribution in [0.4, 0.5) is 0 Å². The fourth-order valence-electron chi connectivity index (χ4n) is 3.82. The van der Waals surface area contributed by atoms with Crippen molar-refractivity contribution in [3.05, 3.63) is 70.5 Å². The molecule has 4 nitrogen and oxygen atoms in total. The zero-order valence-electron chi connectivity index (χ0n) is 18.3. The van der Waals surface area contributed by atoms with Crippen LogP contribution in [0.25, 0.3) is 33.2 Å². The first kappa shape index (κ1) is 20.1. The number of hydrogen-bond donors (Lipinski definition) is 0. The summed E-state index contributed by atoms with van der Waals surface area (Å²) in [6, 6.07) is 15.4. The van der Waals surface area contributed by atoms with E-state index in [0.29, 0.717) is 21.9 Å². The highest BCUT2D eigenvalue weighted by Crippen LogP contribution is 2.30. The molecule has 30 heavy (non-hydrogen) atoms. The van der Waals surface area contributed by atoms with E-state index >= 15 is 0 Å². The number of pyridine rings is 1. The summed E-state index contributed by atoms with van der Waals surface area (Å²) in [5, 5.41) is 1.20. The van der Waals surface area contributed by atoms with Crippen LogP contribution in [0.2, 0.25) is 0 Å². The zero-order chi connectivity index (χ0) is 21.5. The predicted octanol–water partition coefficient (Wildman–Crippen LogP) is 5.80. The van der Waals surface area contributed by atoms with E-state index in [1.165, 1.54) is 0 Å². The van der Waals surface area contributed by atoms with Crippen molar-refractivity contribution in [2.75, 3.05) is 0 Å². The van der Waals surface area contributed by atoms with Gasteiger partial charge in [0.25, 0.3) is 0 Å². The van der Waals surface area contributed by atoms with Crippen LogP contribution in [0, 0.1) is 6.92 Å². The number of fused-ring (bicyclic) bond motifs is 2. The van der Waals surface area contributed by atoms with E-state index in [1.54, 1.807) is 0 Å². The highest BCUT2D eigenvalue weighted by Gasteiger charge is 2.21. The highest BCUT2D eigenvalue weighted by atomic mass is 16.5. The SMILES string of the molecule is CCC[n+]1ccc(OC(C)(C)C)cc1-c1cc2c(=O)c3ccccc3oc2cc1C. The van der Waals surface area contributed by atoms with Crippen molar-refractivity contribution in [1.82, 2.24) is 0 Å². The molecule has 0 N–H and O–H groups in total. The molecule has 0 radical (unpaired) electrons. The Hall–Kier alpha value is -3.14. The maximum Gasteiger partial charge on any atom is 0.216 e. The highest BCUT2D eigenvalue weighted by molar-refractivity contribution is 5.92. The molecule has 2 aromatic carbocycles. The number of rotatable bonds is 4. The van der Waals surface area contributed by atoms with Crippen LogP contribution in [0.5, 0.6) is 5.75 Å². The first-order chi connectivity index (χ1) is 14.3. The summed E-state index contributed by atoms with van der Waals surface area (Å²) >= 11 is 0. The van der Waals surface area contributed by atoms with E-state index in [4.69, 9.17) is 9.15 Å². The van der Waals surface area contributed by atoms with Crippen LogP contribution in [0.15, 0.2) is 63.9 Å². The molecule has 4 heteroatoms. The Morgan fingerprint density at radius 3 is 2.50 bits per heavy atom. The smallest absolute Gasteiger partial charge is 0.216 e. The van der Waals surface area contributed by atoms with Crippen LogP contribution in [-0.4, -0.2) is 5.60 Å². The van der Waals surface area contributed by atoms with Gasteiger partial charge in [-0.05, 0) is 57.5 Å². The van der Waals surface area contributed by atoms with Gasteiger partial charge in [-0.2, -0.15) is 4.57 Å². The predicted molar refractivity (Wildman–Crippen MR) is 121 cm³/mol. The molecule has 0 fully saturated rings. The molecule has 0 amide bonds. The summed E-state index contributed by atoms with van der Waals surface area (Å²) in [4.78, 5) is 13.2. The van der Waals surface area contributed by atoms with Gasteiger partial charge < -0.3 is 9.15 Å². The topological polar surface area (TPSA) is 43.3 Å². The molecule has 4 aromatic rings. The third kappa shape index (κ3) is 3.82. The summed E-state index contributed by atoms with van der Waals surface area (Å²) in [5.74, 6) is 0.815. The molecule has 0 aliphatic carbocycles. The molecule has 0 spiro atoms. The number of hydrogen-bond acceptors (Lipinski definition) is 3. The van der Waals surface area contributed by atoms with Crippen molar-refractivity contribution < 1.29 is 13.7 Å². The van der Waals surface area contributed by atoms with Gasteiger partial charge in [-0.15, -0.1) is 0 Å². The van der Waals surface area contributed by atoms with Crippen molar-refractivity contribution >= 4 is 21.9 Å². The van der Waals surface area contributed by atoms with Crippen LogP contribution in [-0.2, 0) is 6.54 Å². The minimum absolute atomic E-state index is 0.00256. The lowest BCUT2D eigenvalue weighted by atomic mass is 10.0. The third-order valence-corrected chi connectivity index (χ3v) is 5.09. The minimum Gasteiger partial charge on any atom is -0.488 e. The molecule has 0 atom stereocenters. The number of benzene rings is 2. The molecular formula is C26H28NO3+. The minimum atomic E-state index is -0.285. The quantitative estimate of drug-likeness (QED) is 0.320. The molecule has 0 saturated carbocycles. The monoisotopic (exact) mass is 402 g/mol. The molecule has 154 valence electrons. The largest absolute Gasteiger partial charge is 0.488 e. The average Bonchev–Trinajstić information content (AvgIpc) is 2.68. The van der Waals surface area contributed by atoms with E-state index in [1.807, 2.05) is 63.2 Å². The van der Waals surface area contributed by atoms with Gasteiger partial charge in [-0.3, -0.25) is 4.79 Å². The number of aryl methyl sites for hydroxylation is 2. The lowest BCUT2D eigenvalue weighted by molar-refractivity contribution is -0.686. The average molecular weight is 403 g/mol. The number of ether oxygens (including phenoxy) is 1. The summed E-state index contributed by atoms with van der Waals surface area (Å²) in [6.07, 6.45) is 3.07. The molecule has 0 saturated heterocycles. The van der Waals surface area contributed by atoms with Crippen molar-refractivity contribution in [3.8, 4) is 17.0 Å². The Kier molecular flexibility index (Phi) is 5.10. The van der Waals surface area contributed by atoms with E-state index in [9.17, 15) is 4.79 Å². The van der Waals surface area contributed by atoms with Crippen LogP contribution < -0.4 is 14.7 Å². The second-order valence-electron chi connectivity index (χ2n) is 8.75. The number of nitrogens with zero attached hydrogens (tertiary/aromatic N) is 1. The fraction of sp³-hybridized carbons (Fsp3) is 0.308. The maximum absolute atomic E-state index is 13.2. The van der Waals surface area contributed by atoms with Crippen molar-refractivity contribution in [1.29, 1.82) is 0 Å². The van der Waals surface area contributed by atoms with E-state index in [-0.39, 0.29) is 11.0 Å². The summed E-state index contributed by atoms with van der Waals surface area (Å²) in [6.45, 7) is 11.2. The second-order valence-corrected chi connectivity index (χ2v) is 8.75. The molecule has 2 aromatic heterocycles. The molecule has 0 bridgehead atoms. The van der Waals surface area contributed by atoms with Gasteiger partial charge in [-0.25, -0.2) is 0 Å². The van der Waals surface area contributed by atoms with Crippen LogP contribution in [0.3, 0.4) is 0 Å². The zero-order valence-corrected chi connectivity index (χ0v) is 18.3. The Bertz CT molecular complexity index is 1300. The fourth-order valence-corrected chi connectivity index (χ4v) is 3.82. The summed E-state index contributed by atoms with van der Waals surface area (Å²) in [5.41, 5.74) is 4.04. The molecule has 0 aliphatic heterocycles. The van der Waals surface area contributed by atoms with Gasteiger partial charge in [0.2, 0.25) is 11.1 Å². The Morgan fingerprint density at radius 2 is 1.77 bits per heavy atom. The van der Waals surface area contributed by atoms with Gasteiger partial charge in [-0.1, -0.05) is 19.1 Å². The number of para-hydroxylation sites is 1. The lowest BCUT2D eigenvalue weighted by Gasteiger charge is -2.21. The van der Waals surface area contributed by atoms with E-state index < -0.39 is 0 Å². The van der Waals surface area contributed by atoms with Gasteiger partial charge in [0.05, 0.1) is 22.4 Å². The Balaban J connectivity index is 1.96. The van der Waals surface area contributed by atoms with Crippen LogP contribution >= 0.6 is 0 Å². The van der Waals surface area contributed by atoms with Crippen molar-refractivity contribution in [2.24, 2.45) is 0 Å². The van der Waals surface area contributed by atoms with E-state index in [2.05, 4.69) is 30.7 Å². The Labute approximate surface area is 176 Å². The van der Waals surface area contributed by atoms with Gasteiger partial charge in [0.15, 0.2) is 6.20 Å². The molecule has 2 heterocycles. The van der Waals surface area contributed by atoms with Gasteiger partial charge >= 0.3 is 0 Å².